The maximum Gasteiger partial charge on any atom is 0.0529 e. The molecule has 0 amide bonds. The van der Waals surface area contributed by atoms with Gasteiger partial charge in [-0.25, -0.2) is 0 Å². The molecule has 1 nitrogen and oxygen atoms in total. The Morgan fingerprint density at radius 2 is 1.48 bits per heavy atom. The van der Waals surface area contributed by atoms with E-state index in [1.165, 1.54) is 11.1 Å². The van der Waals surface area contributed by atoms with Gasteiger partial charge < -0.3 is 5.32 Å². The highest BCUT2D eigenvalue weighted by atomic mass is 79.9. The van der Waals surface area contributed by atoms with Crippen LogP contribution in [0, 0.1) is 0 Å². The standard InChI is InChI=1S/C18H13BrClN/c19-16-12-14(20)10-11-18(16)21-17-9-5-4-8-15(17)13-6-2-1-3-7-13/h1-12,21H. The zero-order valence-corrected chi connectivity index (χ0v) is 13.5. The van der Waals surface area contributed by atoms with Crippen LogP contribution in [0.25, 0.3) is 11.1 Å². The minimum atomic E-state index is 0.712. The summed E-state index contributed by atoms with van der Waals surface area (Å²) in [6.07, 6.45) is 0. The normalized spacial score (nSPS) is 10.4. The van der Waals surface area contributed by atoms with Crippen molar-refractivity contribution in [2.75, 3.05) is 5.32 Å². The lowest BCUT2D eigenvalue weighted by Gasteiger charge is -2.13. The molecular weight excluding hydrogens is 346 g/mol. The number of nitrogens with one attached hydrogen (secondary N) is 1. The SMILES string of the molecule is Clc1ccc(Nc2ccccc2-c2ccccc2)c(Br)c1. The fourth-order valence-electron chi connectivity index (χ4n) is 2.20. The predicted octanol–water partition coefficient (Wildman–Crippen LogP) is 6.51. The molecule has 0 saturated heterocycles. The summed E-state index contributed by atoms with van der Waals surface area (Å²) >= 11 is 9.53. The van der Waals surface area contributed by atoms with Crippen LogP contribution >= 0.6 is 27.5 Å². The first-order valence-electron chi connectivity index (χ1n) is 6.60. The summed E-state index contributed by atoms with van der Waals surface area (Å²) in [5, 5.41) is 4.17. The second-order valence-corrected chi connectivity index (χ2v) is 5.95. The number of para-hydroxylation sites is 1. The van der Waals surface area contributed by atoms with Gasteiger partial charge in [0.05, 0.1) is 5.69 Å². The highest BCUT2D eigenvalue weighted by Gasteiger charge is 2.06. The van der Waals surface area contributed by atoms with Gasteiger partial charge in [-0.2, -0.15) is 0 Å². The number of halogens is 2. The van der Waals surface area contributed by atoms with Gasteiger partial charge >= 0.3 is 0 Å². The third-order valence-corrected chi connectivity index (χ3v) is 4.10. The van der Waals surface area contributed by atoms with Crippen molar-refractivity contribution < 1.29 is 0 Å². The molecule has 0 aliphatic heterocycles. The topological polar surface area (TPSA) is 12.0 Å². The van der Waals surface area contributed by atoms with E-state index in [0.717, 1.165) is 15.8 Å². The molecule has 0 spiro atoms. The van der Waals surface area contributed by atoms with Crippen LogP contribution in [0.5, 0.6) is 0 Å². The van der Waals surface area contributed by atoms with Gasteiger partial charge in [-0.3, -0.25) is 0 Å². The Morgan fingerprint density at radius 1 is 0.762 bits per heavy atom. The lowest BCUT2D eigenvalue weighted by Crippen LogP contribution is -1.94. The average molecular weight is 359 g/mol. The smallest absolute Gasteiger partial charge is 0.0529 e. The number of anilines is 2. The number of hydrogen-bond donors (Lipinski definition) is 1. The molecule has 0 saturated carbocycles. The highest BCUT2D eigenvalue weighted by molar-refractivity contribution is 9.10. The van der Waals surface area contributed by atoms with E-state index in [4.69, 9.17) is 11.6 Å². The Labute approximate surface area is 137 Å². The maximum atomic E-state index is 5.99. The van der Waals surface area contributed by atoms with Crippen LogP contribution in [0.4, 0.5) is 11.4 Å². The number of hydrogen-bond acceptors (Lipinski definition) is 1. The second-order valence-electron chi connectivity index (χ2n) is 4.66. The number of benzene rings is 3. The van der Waals surface area contributed by atoms with Crippen LogP contribution in [-0.4, -0.2) is 0 Å². The van der Waals surface area contributed by atoms with E-state index >= 15 is 0 Å². The molecule has 0 radical (unpaired) electrons. The number of rotatable bonds is 3. The Bertz CT molecular complexity index is 756. The minimum Gasteiger partial charge on any atom is -0.354 e. The van der Waals surface area contributed by atoms with Gasteiger partial charge in [0.1, 0.15) is 0 Å². The van der Waals surface area contributed by atoms with Crippen LogP contribution < -0.4 is 5.32 Å². The van der Waals surface area contributed by atoms with Crippen molar-refractivity contribution >= 4 is 38.9 Å². The monoisotopic (exact) mass is 357 g/mol. The van der Waals surface area contributed by atoms with Crippen molar-refractivity contribution in [3.8, 4) is 11.1 Å². The van der Waals surface area contributed by atoms with Gasteiger partial charge in [-0.1, -0.05) is 60.1 Å². The van der Waals surface area contributed by atoms with E-state index in [2.05, 4.69) is 45.5 Å². The zero-order chi connectivity index (χ0) is 14.7. The van der Waals surface area contributed by atoms with E-state index in [9.17, 15) is 0 Å². The molecule has 0 unspecified atom stereocenters. The summed E-state index contributed by atoms with van der Waals surface area (Å²) in [7, 11) is 0. The first kappa shape index (κ1) is 14.2. The van der Waals surface area contributed by atoms with Gasteiger partial charge in [0, 0.05) is 20.7 Å². The van der Waals surface area contributed by atoms with Crippen LogP contribution in [0.15, 0.2) is 77.3 Å². The van der Waals surface area contributed by atoms with Crippen molar-refractivity contribution in [1.29, 1.82) is 0 Å². The Morgan fingerprint density at radius 3 is 2.24 bits per heavy atom. The third kappa shape index (κ3) is 3.29. The molecule has 0 aromatic heterocycles. The molecule has 3 rings (SSSR count). The third-order valence-electron chi connectivity index (χ3n) is 3.21. The summed E-state index contributed by atoms with van der Waals surface area (Å²) in [4.78, 5) is 0. The molecule has 1 N–H and O–H groups in total. The van der Waals surface area contributed by atoms with Crippen molar-refractivity contribution in [3.05, 3.63) is 82.3 Å². The maximum absolute atomic E-state index is 5.99. The Hall–Kier alpha value is -1.77. The molecule has 3 aromatic carbocycles. The molecule has 3 heteroatoms. The molecule has 3 aromatic rings. The fourth-order valence-corrected chi connectivity index (χ4v) is 2.98. The van der Waals surface area contributed by atoms with Crippen molar-refractivity contribution in [2.45, 2.75) is 0 Å². The van der Waals surface area contributed by atoms with Crippen molar-refractivity contribution in [2.24, 2.45) is 0 Å². The van der Waals surface area contributed by atoms with E-state index in [0.29, 0.717) is 5.02 Å². The average Bonchev–Trinajstić information content (AvgIpc) is 2.51. The second kappa shape index (κ2) is 6.33. The Balaban J connectivity index is 2.00. The quantitative estimate of drug-likeness (QED) is 0.562. The van der Waals surface area contributed by atoms with Gasteiger partial charge in [0.2, 0.25) is 0 Å². The van der Waals surface area contributed by atoms with Crippen LogP contribution in [-0.2, 0) is 0 Å². The molecule has 104 valence electrons. The van der Waals surface area contributed by atoms with Gasteiger partial charge in [0.15, 0.2) is 0 Å². The minimum absolute atomic E-state index is 0.712. The lowest BCUT2D eigenvalue weighted by atomic mass is 10.0. The van der Waals surface area contributed by atoms with Crippen molar-refractivity contribution in [3.63, 3.8) is 0 Å². The van der Waals surface area contributed by atoms with Gasteiger partial charge in [-0.15, -0.1) is 0 Å². The van der Waals surface area contributed by atoms with E-state index in [-0.39, 0.29) is 0 Å². The molecule has 0 bridgehead atoms. The van der Waals surface area contributed by atoms with Crippen LogP contribution in [0.3, 0.4) is 0 Å². The molecular formula is C18H13BrClN. The van der Waals surface area contributed by atoms with E-state index in [1.807, 2.05) is 48.5 Å². The molecule has 0 aliphatic carbocycles. The van der Waals surface area contributed by atoms with Crippen molar-refractivity contribution in [1.82, 2.24) is 0 Å². The largest absolute Gasteiger partial charge is 0.354 e. The molecule has 21 heavy (non-hydrogen) atoms. The van der Waals surface area contributed by atoms with E-state index in [1.54, 1.807) is 0 Å². The van der Waals surface area contributed by atoms with Gasteiger partial charge in [0.25, 0.3) is 0 Å². The highest BCUT2D eigenvalue weighted by Crippen LogP contribution is 2.33. The van der Waals surface area contributed by atoms with Gasteiger partial charge in [-0.05, 0) is 45.8 Å². The van der Waals surface area contributed by atoms with Crippen LogP contribution in [0.2, 0.25) is 5.02 Å². The molecule has 0 fully saturated rings. The summed E-state index contributed by atoms with van der Waals surface area (Å²) in [5.74, 6) is 0. The first-order chi connectivity index (χ1) is 10.2. The molecule has 0 atom stereocenters. The zero-order valence-electron chi connectivity index (χ0n) is 11.2. The summed E-state index contributed by atoms with van der Waals surface area (Å²) in [6.45, 7) is 0. The van der Waals surface area contributed by atoms with E-state index < -0.39 is 0 Å². The predicted molar refractivity (Wildman–Crippen MR) is 94.3 cm³/mol. The summed E-state index contributed by atoms with van der Waals surface area (Å²) in [5.41, 5.74) is 4.40. The molecule has 0 aliphatic rings. The first-order valence-corrected chi connectivity index (χ1v) is 7.77. The summed E-state index contributed by atoms with van der Waals surface area (Å²) in [6, 6.07) is 24.3. The lowest BCUT2D eigenvalue weighted by molar-refractivity contribution is 1.51. The fraction of sp³-hybridized carbons (Fsp3) is 0. The summed E-state index contributed by atoms with van der Waals surface area (Å²) < 4.78 is 0.942. The Kier molecular flexibility index (Phi) is 4.28. The molecule has 0 heterocycles. The van der Waals surface area contributed by atoms with Crippen LogP contribution in [0.1, 0.15) is 0 Å².